The molecule has 0 aromatic carbocycles. The number of hydrogen-bond acceptors (Lipinski definition) is 1. The van der Waals surface area contributed by atoms with Crippen molar-refractivity contribution in [3.63, 3.8) is 0 Å². The lowest BCUT2D eigenvalue weighted by atomic mass is 9.73. The molecule has 1 fully saturated rings. The average Bonchev–Trinajstić information content (AvgIpc) is 2.02. The van der Waals surface area contributed by atoms with Crippen molar-refractivity contribution in [1.82, 2.24) is 5.32 Å². The van der Waals surface area contributed by atoms with Crippen LogP contribution in [0.5, 0.6) is 0 Å². The molecular weight excluding hydrogens is 158 g/mol. The van der Waals surface area contributed by atoms with E-state index in [9.17, 15) is 0 Å². The van der Waals surface area contributed by atoms with Crippen molar-refractivity contribution in [2.24, 2.45) is 11.8 Å². The molecule has 0 atom stereocenters. The van der Waals surface area contributed by atoms with E-state index in [1.54, 1.807) is 0 Å². The molecule has 0 radical (unpaired) electrons. The highest BCUT2D eigenvalue weighted by Gasteiger charge is 2.31. The van der Waals surface area contributed by atoms with Gasteiger partial charge in [0.05, 0.1) is 0 Å². The van der Waals surface area contributed by atoms with E-state index in [2.05, 4.69) is 33.0 Å². The first kappa shape index (κ1) is 11.0. The zero-order valence-corrected chi connectivity index (χ0v) is 9.64. The van der Waals surface area contributed by atoms with Crippen LogP contribution in [0, 0.1) is 11.8 Å². The number of hydrogen-bond donors (Lipinski definition) is 1. The Hall–Kier alpha value is -0.0400. The Labute approximate surface area is 83.3 Å². The van der Waals surface area contributed by atoms with Crippen LogP contribution < -0.4 is 5.32 Å². The van der Waals surface area contributed by atoms with E-state index in [4.69, 9.17) is 0 Å². The molecule has 0 aromatic rings. The predicted molar refractivity (Wildman–Crippen MR) is 58.9 cm³/mol. The first-order valence-electron chi connectivity index (χ1n) is 5.93. The third-order valence-corrected chi connectivity index (χ3v) is 3.57. The molecule has 78 valence electrons. The molecule has 1 N–H and O–H groups in total. The molecule has 0 spiro atoms. The van der Waals surface area contributed by atoms with Gasteiger partial charge in [-0.1, -0.05) is 27.7 Å². The van der Waals surface area contributed by atoms with Gasteiger partial charge in [-0.2, -0.15) is 0 Å². The summed E-state index contributed by atoms with van der Waals surface area (Å²) >= 11 is 0. The summed E-state index contributed by atoms with van der Waals surface area (Å²) in [5.41, 5.74) is 0. The minimum atomic E-state index is 0.762. The summed E-state index contributed by atoms with van der Waals surface area (Å²) in [6.07, 6.45) is 5.38. The number of nitrogens with one attached hydrogen (secondary N) is 1. The summed E-state index contributed by atoms with van der Waals surface area (Å²) in [7, 11) is 0. The Kier molecular flexibility index (Phi) is 4.24. The maximum Gasteiger partial charge on any atom is 0.00751 e. The minimum Gasteiger partial charge on any atom is -0.311 e. The fourth-order valence-electron chi connectivity index (χ4n) is 2.20. The second-order valence-electron chi connectivity index (χ2n) is 4.85. The predicted octanol–water partition coefficient (Wildman–Crippen LogP) is 3.20. The minimum absolute atomic E-state index is 0.762. The highest BCUT2D eigenvalue weighted by Crippen LogP contribution is 2.33. The van der Waals surface area contributed by atoms with Gasteiger partial charge in [-0.15, -0.1) is 0 Å². The molecule has 0 saturated heterocycles. The summed E-state index contributed by atoms with van der Waals surface area (Å²) < 4.78 is 0. The van der Waals surface area contributed by atoms with Crippen LogP contribution in [0.25, 0.3) is 0 Å². The maximum atomic E-state index is 3.74. The molecule has 0 aliphatic heterocycles. The molecule has 13 heavy (non-hydrogen) atoms. The van der Waals surface area contributed by atoms with E-state index >= 15 is 0 Å². The van der Waals surface area contributed by atoms with Crippen LogP contribution in [0.3, 0.4) is 0 Å². The summed E-state index contributed by atoms with van der Waals surface area (Å²) in [5, 5.41) is 3.74. The van der Waals surface area contributed by atoms with Crippen LogP contribution in [0.15, 0.2) is 0 Å². The molecule has 0 unspecified atom stereocenters. The van der Waals surface area contributed by atoms with Gasteiger partial charge in [-0.3, -0.25) is 0 Å². The lowest BCUT2D eigenvalue weighted by Gasteiger charge is -2.40. The van der Waals surface area contributed by atoms with E-state index < -0.39 is 0 Å². The maximum absolute atomic E-state index is 3.74. The lowest BCUT2D eigenvalue weighted by Crippen LogP contribution is -2.47. The Morgan fingerprint density at radius 1 is 1.15 bits per heavy atom. The van der Waals surface area contributed by atoms with Crippen LogP contribution in [0.2, 0.25) is 0 Å². The third-order valence-electron chi connectivity index (χ3n) is 3.57. The fraction of sp³-hybridized carbons (Fsp3) is 1.00. The third kappa shape index (κ3) is 2.98. The van der Waals surface area contributed by atoms with Gasteiger partial charge >= 0.3 is 0 Å². The smallest absolute Gasteiger partial charge is 0.00751 e. The zero-order valence-electron chi connectivity index (χ0n) is 9.64. The van der Waals surface area contributed by atoms with Crippen molar-refractivity contribution >= 4 is 0 Å². The summed E-state index contributed by atoms with van der Waals surface area (Å²) in [4.78, 5) is 0. The van der Waals surface area contributed by atoms with Crippen molar-refractivity contribution in [3.8, 4) is 0 Å². The van der Waals surface area contributed by atoms with E-state index in [0.717, 1.165) is 23.9 Å². The summed E-state index contributed by atoms with van der Waals surface area (Å²) in [5.74, 6) is 1.88. The lowest BCUT2D eigenvalue weighted by molar-refractivity contribution is 0.155. The Morgan fingerprint density at radius 2 is 1.69 bits per heavy atom. The quantitative estimate of drug-likeness (QED) is 0.690. The van der Waals surface area contributed by atoms with Gasteiger partial charge in [0, 0.05) is 12.1 Å². The van der Waals surface area contributed by atoms with Crippen LogP contribution in [-0.4, -0.2) is 12.1 Å². The molecule has 1 saturated carbocycles. The molecule has 0 aromatic heterocycles. The van der Waals surface area contributed by atoms with E-state index in [0.29, 0.717) is 0 Å². The zero-order chi connectivity index (χ0) is 9.84. The largest absolute Gasteiger partial charge is 0.311 e. The van der Waals surface area contributed by atoms with Crippen molar-refractivity contribution < 1.29 is 0 Å². The highest BCUT2D eigenvalue weighted by molar-refractivity contribution is 4.88. The molecule has 0 amide bonds. The van der Waals surface area contributed by atoms with Crippen LogP contribution in [-0.2, 0) is 0 Å². The number of rotatable bonds is 5. The van der Waals surface area contributed by atoms with E-state index in [-0.39, 0.29) is 0 Å². The summed E-state index contributed by atoms with van der Waals surface area (Å²) in [6.45, 7) is 9.25. The molecule has 0 heterocycles. The standard InChI is InChI=1S/C12H25N/c1-5-11(6-2)13-12-7-10(8-12)9(3)4/h9-13H,5-8H2,1-4H3. The van der Waals surface area contributed by atoms with Gasteiger partial charge in [0.1, 0.15) is 0 Å². The topological polar surface area (TPSA) is 12.0 Å². The molecule has 1 heteroatoms. The van der Waals surface area contributed by atoms with E-state index in [1.807, 2.05) is 0 Å². The fourth-order valence-corrected chi connectivity index (χ4v) is 2.20. The van der Waals surface area contributed by atoms with Crippen LogP contribution in [0.1, 0.15) is 53.4 Å². The van der Waals surface area contributed by atoms with Crippen molar-refractivity contribution in [2.75, 3.05) is 0 Å². The van der Waals surface area contributed by atoms with Crippen molar-refractivity contribution in [3.05, 3.63) is 0 Å². The second-order valence-corrected chi connectivity index (χ2v) is 4.85. The second kappa shape index (κ2) is 4.99. The van der Waals surface area contributed by atoms with Gasteiger partial charge in [-0.25, -0.2) is 0 Å². The van der Waals surface area contributed by atoms with Gasteiger partial charge in [0.15, 0.2) is 0 Å². The van der Waals surface area contributed by atoms with Crippen molar-refractivity contribution in [2.45, 2.75) is 65.5 Å². The van der Waals surface area contributed by atoms with Gasteiger partial charge in [0.25, 0.3) is 0 Å². The monoisotopic (exact) mass is 183 g/mol. The van der Waals surface area contributed by atoms with Gasteiger partial charge in [-0.05, 0) is 37.5 Å². The van der Waals surface area contributed by atoms with E-state index in [1.165, 1.54) is 25.7 Å². The Balaban J connectivity index is 2.13. The SMILES string of the molecule is CCC(CC)NC1CC(C(C)C)C1. The normalized spacial score (nSPS) is 28.2. The molecule has 1 rings (SSSR count). The molecular formula is C12H25N. The Morgan fingerprint density at radius 3 is 2.08 bits per heavy atom. The molecule has 0 bridgehead atoms. The Bertz CT molecular complexity index is 132. The van der Waals surface area contributed by atoms with Crippen LogP contribution >= 0.6 is 0 Å². The van der Waals surface area contributed by atoms with Crippen molar-refractivity contribution in [1.29, 1.82) is 0 Å². The summed E-state index contributed by atoms with van der Waals surface area (Å²) in [6, 6.07) is 1.59. The van der Waals surface area contributed by atoms with Crippen LogP contribution in [0.4, 0.5) is 0 Å². The molecule has 1 aliphatic rings. The first-order valence-corrected chi connectivity index (χ1v) is 5.93. The first-order chi connectivity index (χ1) is 6.17. The van der Waals surface area contributed by atoms with Gasteiger partial charge < -0.3 is 5.32 Å². The molecule has 1 aliphatic carbocycles. The highest BCUT2D eigenvalue weighted by atomic mass is 15.0. The van der Waals surface area contributed by atoms with Gasteiger partial charge in [0.2, 0.25) is 0 Å². The molecule has 1 nitrogen and oxygen atoms in total. The average molecular weight is 183 g/mol.